The van der Waals surface area contributed by atoms with Gasteiger partial charge in [0.2, 0.25) is 0 Å². The number of ether oxygens (including phenoxy) is 3. The number of imide groups is 2. The zero-order valence-corrected chi connectivity index (χ0v) is 41.1. The predicted molar refractivity (Wildman–Crippen MR) is 269 cm³/mol. The summed E-state index contributed by atoms with van der Waals surface area (Å²) in [4.78, 5) is 58.8. The van der Waals surface area contributed by atoms with E-state index in [4.69, 9.17) is 18.4 Å². The average Bonchev–Trinajstić information content (AvgIpc) is 2.53. The Labute approximate surface area is 437 Å². The Morgan fingerprint density at radius 3 is 1.46 bits per heavy atom. The first-order chi connectivity index (χ1) is 37.7. The van der Waals surface area contributed by atoms with E-state index in [9.17, 15) is 70.7 Å². The maximum absolute atomic E-state index is 14.7. The van der Waals surface area contributed by atoms with Gasteiger partial charge in [-0.2, -0.15) is 8.42 Å². The maximum atomic E-state index is 14.7. The Morgan fingerprint density at radius 1 is 0.557 bits per heavy atom. The molecule has 5 aliphatic heterocycles. The number of aromatic nitrogens is 4. The molecule has 9 heterocycles. The lowest BCUT2D eigenvalue weighted by molar-refractivity contribution is -0.247. The van der Waals surface area contributed by atoms with Crippen LogP contribution in [-0.2, 0) is 28.5 Å². The number of carbonyl (C=O) groups excluding carboxylic acids is 4. The van der Waals surface area contributed by atoms with E-state index in [0.717, 1.165) is 18.4 Å². The van der Waals surface area contributed by atoms with Crippen molar-refractivity contribution in [1.82, 2.24) is 29.7 Å². The van der Waals surface area contributed by atoms with Crippen molar-refractivity contribution < 1.29 is 89.1 Å². The van der Waals surface area contributed by atoms with E-state index in [0.29, 0.717) is 49.1 Å². The summed E-state index contributed by atoms with van der Waals surface area (Å²) in [5.74, 6) is -5.20. The Kier molecular flexibility index (Phi) is 10.7. The van der Waals surface area contributed by atoms with E-state index in [1.807, 2.05) is 0 Å². The molecule has 4 amide bonds. The van der Waals surface area contributed by atoms with E-state index in [1.165, 1.54) is 65.2 Å². The van der Waals surface area contributed by atoms with Gasteiger partial charge >= 0.3 is 0 Å². The highest BCUT2D eigenvalue weighted by molar-refractivity contribution is 7.86. The van der Waals surface area contributed by atoms with Crippen molar-refractivity contribution in [2.45, 2.75) is 61.3 Å². The molecule has 5 aliphatic rings. The molecule has 9 N–H and O–H groups in total. The molecule has 21 nitrogen and oxygen atoms in total. The summed E-state index contributed by atoms with van der Waals surface area (Å²) >= 11 is 0. The van der Waals surface area contributed by atoms with Crippen LogP contribution < -0.4 is 10.6 Å². The van der Waals surface area contributed by atoms with E-state index < -0.39 is 125 Å². The molecule has 404 valence electrons. The molecule has 6 aromatic carbocycles. The van der Waals surface area contributed by atoms with Gasteiger partial charge in [-0.1, -0.05) is 0 Å². The van der Waals surface area contributed by atoms with Crippen molar-refractivity contribution in [2.24, 2.45) is 0 Å². The van der Waals surface area contributed by atoms with Gasteiger partial charge in [0.25, 0.3) is 33.7 Å². The monoisotopic (exact) mass is 1110 g/mol. The third-order valence-corrected chi connectivity index (χ3v) is 16.1. The van der Waals surface area contributed by atoms with Gasteiger partial charge in [0.15, 0.2) is 12.5 Å². The number of aliphatic hydroxyl groups excluding tert-OH is 5. The van der Waals surface area contributed by atoms with E-state index >= 15 is 0 Å². The van der Waals surface area contributed by atoms with Gasteiger partial charge in [-0.15, -0.1) is 0 Å². The van der Waals surface area contributed by atoms with Crippen molar-refractivity contribution in [1.29, 1.82) is 0 Å². The minimum atomic E-state index is -3.98. The van der Waals surface area contributed by atoms with Gasteiger partial charge in [-0.3, -0.25) is 34.0 Å². The number of halogens is 4. The van der Waals surface area contributed by atoms with Gasteiger partial charge in [0.05, 0.1) is 74.8 Å². The van der Waals surface area contributed by atoms with Gasteiger partial charge in [0, 0.05) is 54.1 Å². The van der Waals surface area contributed by atoms with Crippen LogP contribution in [0.2, 0.25) is 0 Å². The summed E-state index contributed by atoms with van der Waals surface area (Å²) in [6.07, 6.45) is -12.7. The van der Waals surface area contributed by atoms with E-state index in [2.05, 4.69) is 20.6 Å². The average molecular weight is 1110 g/mol. The Morgan fingerprint density at radius 2 is 0.987 bits per heavy atom. The molecule has 0 radical (unpaired) electrons. The molecule has 3 saturated heterocycles. The fourth-order valence-corrected chi connectivity index (χ4v) is 12.7. The van der Waals surface area contributed by atoms with Crippen LogP contribution in [0.4, 0.5) is 17.6 Å². The molecule has 4 aromatic heterocycles. The molecule has 0 spiro atoms. The number of aromatic amines is 2. The smallest absolute Gasteiger partial charge is 0.264 e. The third kappa shape index (κ3) is 7.03. The van der Waals surface area contributed by atoms with Crippen molar-refractivity contribution in [3.8, 4) is 0 Å². The molecule has 0 aliphatic carbocycles. The number of fused-ring (bicyclic) bond motifs is 22. The van der Waals surface area contributed by atoms with Crippen LogP contribution in [0.5, 0.6) is 0 Å². The van der Waals surface area contributed by atoms with Gasteiger partial charge in [-0.05, 0) is 72.8 Å². The second kappa shape index (κ2) is 17.1. The van der Waals surface area contributed by atoms with Crippen molar-refractivity contribution in [2.75, 3.05) is 19.5 Å². The molecule has 0 saturated carbocycles. The number of hydrogen-bond donors (Lipinski definition) is 9. The second-order valence-corrected chi connectivity index (χ2v) is 21.7. The molecule has 10 aromatic rings. The summed E-state index contributed by atoms with van der Waals surface area (Å²) in [5.41, 5.74) is 2.62. The molecular formula is C53H38F4N6O15S. The van der Waals surface area contributed by atoms with Gasteiger partial charge in [0.1, 0.15) is 72.1 Å². The SMILES string of the molecule is CS(=O)(=O)OC[C@H]1O[C@@H](n2c3ccc(F)cc3c3c4c(c5c6cc(F)ccc6[nH]c5c32)C(=O)NC4=O)[C@H](O)[C@@H](O)[C@@H]1O.O=C1NC(=O)c2c1c1c3cc(F)ccc3[nH]c1c1c2c2cc(F)ccc2n1[C@@H]1OC2COC(C2O)C1O. The van der Waals surface area contributed by atoms with Crippen LogP contribution in [0.3, 0.4) is 0 Å². The molecule has 3 fully saturated rings. The lowest BCUT2D eigenvalue weighted by Crippen LogP contribution is -2.56. The number of aliphatic hydroxyl groups is 5. The van der Waals surface area contributed by atoms with E-state index in [-0.39, 0.29) is 67.0 Å². The number of carbonyl (C=O) groups is 4. The third-order valence-electron chi connectivity index (χ3n) is 15.5. The standard InChI is InChI=1S/C27H21F2N3O9S.C26H17F2N3O6/c1-42(38,39)40-8-15-22(33)23(34)24(35)27(41-15)32-14-5-3-10(29)7-12(14)17-19-18(25(36)31-26(19)37)16-11-6-9(28)2-4-13(11)30-20(16)21(17)32;27-8-1-3-12-10(5-8)15-17-18(25(35)30-24(17)34)16-11-6-9(28)2-4-13(11)31(20(16)19(15)29-12)26-22(33)23-21(32)14(37-26)7-36-23/h2-7,15,22-24,27,30,33-35H,8H2,1H3,(H,31,36,37);1-6,14,21-23,26,29,32-33H,7H2,(H,30,34,35)/t15-,22-,23+,24-,27-;14?,21?,22?,23?,26-/m11/s1. The summed E-state index contributed by atoms with van der Waals surface area (Å²) in [5, 5.41) is 60.8. The van der Waals surface area contributed by atoms with E-state index in [1.54, 1.807) is 4.57 Å². The summed E-state index contributed by atoms with van der Waals surface area (Å²) < 4.78 is 107. The van der Waals surface area contributed by atoms with Crippen LogP contribution in [0.15, 0.2) is 72.8 Å². The fourth-order valence-electron chi connectivity index (χ4n) is 12.3. The molecule has 79 heavy (non-hydrogen) atoms. The topological polar surface area (TPSA) is 306 Å². The maximum Gasteiger partial charge on any atom is 0.264 e. The van der Waals surface area contributed by atoms with Crippen LogP contribution in [0, 0.1) is 23.3 Å². The summed E-state index contributed by atoms with van der Waals surface area (Å²) in [6.45, 7) is -0.627. The highest BCUT2D eigenvalue weighted by atomic mass is 32.2. The van der Waals surface area contributed by atoms with Crippen LogP contribution in [0.1, 0.15) is 53.9 Å². The Balaban J connectivity index is 0.000000144. The first kappa shape index (κ1) is 49.4. The number of hydrogen-bond acceptors (Lipinski definition) is 15. The summed E-state index contributed by atoms with van der Waals surface area (Å²) in [6, 6.07) is 15.5. The number of nitrogens with one attached hydrogen (secondary N) is 4. The van der Waals surface area contributed by atoms with Crippen LogP contribution >= 0.6 is 0 Å². The summed E-state index contributed by atoms with van der Waals surface area (Å²) in [7, 11) is -3.98. The number of nitrogens with zero attached hydrogens (tertiary/aromatic N) is 2. The number of amides is 4. The molecule has 26 heteroatoms. The molecule has 4 unspecified atom stereocenters. The number of H-pyrrole nitrogens is 2. The van der Waals surface area contributed by atoms with Crippen LogP contribution in [-0.4, -0.2) is 145 Å². The van der Waals surface area contributed by atoms with Crippen LogP contribution in [0.25, 0.3) is 87.2 Å². The molecular weight excluding hydrogens is 1070 g/mol. The first-order valence-electron chi connectivity index (χ1n) is 24.4. The molecule has 2 bridgehead atoms. The molecule has 10 atom stereocenters. The fraction of sp³-hybridized carbons (Fsp3) is 0.245. The minimum Gasteiger partial charge on any atom is -0.387 e. The zero-order valence-electron chi connectivity index (χ0n) is 40.2. The quantitative estimate of drug-likeness (QED) is 0.0664. The molecule has 15 rings (SSSR count). The van der Waals surface area contributed by atoms with Crippen molar-refractivity contribution in [3.05, 3.63) is 118 Å². The predicted octanol–water partition coefficient (Wildman–Crippen LogP) is 4.16. The first-order valence-corrected chi connectivity index (χ1v) is 26.2. The second-order valence-electron chi connectivity index (χ2n) is 20.1. The number of benzene rings is 6. The normalized spacial score (nSPS) is 25.9. The lowest BCUT2D eigenvalue weighted by atomic mass is 9.96. The largest absolute Gasteiger partial charge is 0.387 e. The minimum absolute atomic E-state index is 0.0385. The van der Waals surface area contributed by atoms with Gasteiger partial charge in [-0.25, -0.2) is 17.6 Å². The van der Waals surface area contributed by atoms with Crippen molar-refractivity contribution >= 4 is 121 Å². The Hall–Kier alpha value is -7.89. The lowest BCUT2D eigenvalue weighted by Gasteiger charge is -2.41. The van der Waals surface area contributed by atoms with Crippen molar-refractivity contribution in [3.63, 3.8) is 0 Å². The highest BCUT2D eigenvalue weighted by Gasteiger charge is 2.52. The van der Waals surface area contributed by atoms with Gasteiger partial charge < -0.3 is 58.8 Å². The highest BCUT2D eigenvalue weighted by Crippen LogP contribution is 2.49. The number of rotatable bonds is 5. The Bertz CT molecular complexity index is 4580. The zero-order chi connectivity index (χ0) is 55.2.